The number of rotatable bonds is 11. The SMILES string of the molecule is CS(=O)(=O)c1ccc([C@H](O)CN(CCc2cccs2)C[C@H](O)c2ccc(S(C)(=O)=O)cc2)cc1. The minimum Gasteiger partial charge on any atom is -0.387 e. The molecule has 0 aliphatic rings. The quantitative estimate of drug-likeness (QED) is 0.397. The summed E-state index contributed by atoms with van der Waals surface area (Å²) in [6.45, 7) is 1.07. The molecule has 1 heterocycles. The maximum atomic E-state index is 11.7. The lowest BCUT2D eigenvalue weighted by Crippen LogP contribution is -2.34. The summed E-state index contributed by atoms with van der Waals surface area (Å²) >= 11 is 1.64. The van der Waals surface area contributed by atoms with E-state index in [1.54, 1.807) is 35.6 Å². The first-order chi connectivity index (χ1) is 15.9. The molecule has 0 fully saturated rings. The normalized spacial score (nSPS) is 14.3. The van der Waals surface area contributed by atoms with Crippen molar-refractivity contribution < 1.29 is 27.0 Å². The van der Waals surface area contributed by atoms with Crippen molar-refractivity contribution in [2.45, 2.75) is 28.4 Å². The highest BCUT2D eigenvalue weighted by molar-refractivity contribution is 7.91. The Morgan fingerprint density at radius 1 is 0.765 bits per heavy atom. The van der Waals surface area contributed by atoms with E-state index >= 15 is 0 Å². The van der Waals surface area contributed by atoms with Gasteiger partial charge in [0, 0.05) is 37.0 Å². The Labute approximate surface area is 205 Å². The number of nitrogens with zero attached hydrogens (tertiary/aromatic N) is 1. The number of aliphatic hydroxyl groups is 2. The summed E-state index contributed by atoms with van der Waals surface area (Å²) in [4.78, 5) is 3.50. The van der Waals surface area contributed by atoms with Crippen LogP contribution in [0.4, 0.5) is 0 Å². The van der Waals surface area contributed by atoms with E-state index < -0.39 is 31.9 Å². The molecule has 0 amide bonds. The smallest absolute Gasteiger partial charge is 0.175 e. The molecule has 0 saturated heterocycles. The van der Waals surface area contributed by atoms with Crippen molar-refractivity contribution in [2.75, 3.05) is 32.1 Å². The second kappa shape index (κ2) is 11.1. The lowest BCUT2D eigenvalue weighted by atomic mass is 10.1. The van der Waals surface area contributed by atoms with E-state index in [0.717, 1.165) is 18.9 Å². The fourth-order valence-electron chi connectivity index (χ4n) is 3.55. The van der Waals surface area contributed by atoms with Gasteiger partial charge in [-0.3, -0.25) is 4.90 Å². The molecule has 0 aliphatic carbocycles. The van der Waals surface area contributed by atoms with Crippen LogP contribution in [0.2, 0.25) is 0 Å². The molecular formula is C24H29NO6S3. The number of thiophene rings is 1. The van der Waals surface area contributed by atoms with Crippen LogP contribution in [0.1, 0.15) is 28.2 Å². The third-order valence-electron chi connectivity index (χ3n) is 5.50. The second-order valence-electron chi connectivity index (χ2n) is 8.30. The molecule has 2 aromatic carbocycles. The molecule has 0 bridgehead atoms. The summed E-state index contributed by atoms with van der Waals surface area (Å²) in [5.74, 6) is 0. The summed E-state index contributed by atoms with van der Waals surface area (Å²) in [6.07, 6.45) is 1.26. The average molecular weight is 524 g/mol. The first kappa shape index (κ1) is 26.5. The predicted octanol–water partition coefficient (Wildman–Crippen LogP) is 2.87. The Balaban J connectivity index is 1.73. The van der Waals surface area contributed by atoms with Crippen molar-refractivity contribution in [3.63, 3.8) is 0 Å². The number of hydrogen-bond donors (Lipinski definition) is 2. The van der Waals surface area contributed by atoms with Gasteiger partial charge in [0.25, 0.3) is 0 Å². The monoisotopic (exact) mass is 523 g/mol. The van der Waals surface area contributed by atoms with E-state index in [2.05, 4.69) is 0 Å². The van der Waals surface area contributed by atoms with Crippen LogP contribution in [0.5, 0.6) is 0 Å². The fraction of sp³-hybridized carbons (Fsp3) is 0.333. The van der Waals surface area contributed by atoms with Gasteiger partial charge in [-0.15, -0.1) is 11.3 Å². The van der Waals surface area contributed by atoms with Crippen molar-refractivity contribution in [3.8, 4) is 0 Å². The van der Waals surface area contributed by atoms with Gasteiger partial charge in [0.05, 0.1) is 22.0 Å². The molecule has 3 aromatic rings. The Kier molecular flexibility index (Phi) is 8.66. The zero-order valence-electron chi connectivity index (χ0n) is 19.0. The summed E-state index contributed by atoms with van der Waals surface area (Å²) in [5, 5.41) is 23.6. The summed E-state index contributed by atoms with van der Waals surface area (Å²) in [5.41, 5.74) is 1.17. The second-order valence-corrected chi connectivity index (χ2v) is 13.4. The van der Waals surface area contributed by atoms with Crippen LogP contribution >= 0.6 is 11.3 Å². The molecule has 2 atom stereocenters. The van der Waals surface area contributed by atoms with E-state index in [1.807, 2.05) is 22.4 Å². The third-order valence-corrected chi connectivity index (χ3v) is 8.70. The molecular weight excluding hydrogens is 494 g/mol. The standard InChI is InChI=1S/C24H29NO6S3/c1-33(28,29)21-9-5-18(6-10-21)23(26)16-25(14-13-20-4-3-15-32-20)17-24(27)19-7-11-22(12-8-19)34(2,30)31/h3-12,15,23-24,26-27H,13-14,16-17H2,1-2H3/t23-,24+. The van der Waals surface area contributed by atoms with Gasteiger partial charge in [0.15, 0.2) is 19.7 Å². The van der Waals surface area contributed by atoms with Crippen molar-refractivity contribution in [3.05, 3.63) is 82.0 Å². The van der Waals surface area contributed by atoms with E-state index in [1.165, 1.54) is 29.1 Å². The molecule has 1 aromatic heterocycles. The molecule has 10 heteroatoms. The minimum absolute atomic E-state index is 0.186. The van der Waals surface area contributed by atoms with Gasteiger partial charge in [-0.25, -0.2) is 16.8 Å². The third kappa shape index (κ3) is 7.46. The van der Waals surface area contributed by atoms with Crippen molar-refractivity contribution in [1.29, 1.82) is 0 Å². The molecule has 0 saturated carbocycles. The molecule has 0 aliphatic heterocycles. The number of aliphatic hydroxyl groups excluding tert-OH is 2. The van der Waals surface area contributed by atoms with Crippen LogP contribution in [0.15, 0.2) is 75.8 Å². The van der Waals surface area contributed by atoms with Crippen LogP contribution in [0.25, 0.3) is 0 Å². The molecule has 0 radical (unpaired) electrons. The van der Waals surface area contributed by atoms with Gasteiger partial charge in [-0.2, -0.15) is 0 Å². The van der Waals surface area contributed by atoms with Gasteiger partial charge in [-0.05, 0) is 53.3 Å². The maximum Gasteiger partial charge on any atom is 0.175 e. The lowest BCUT2D eigenvalue weighted by molar-refractivity contribution is 0.0695. The summed E-state index contributed by atoms with van der Waals surface area (Å²) in [7, 11) is -6.65. The molecule has 2 N–H and O–H groups in total. The molecule has 7 nitrogen and oxygen atoms in total. The van der Waals surface area contributed by atoms with Crippen molar-refractivity contribution in [1.82, 2.24) is 4.90 Å². The van der Waals surface area contributed by atoms with Gasteiger partial charge < -0.3 is 10.2 Å². The van der Waals surface area contributed by atoms with E-state index in [-0.39, 0.29) is 22.9 Å². The van der Waals surface area contributed by atoms with Crippen molar-refractivity contribution in [2.24, 2.45) is 0 Å². The first-order valence-corrected chi connectivity index (χ1v) is 15.3. The Morgan fingerprint density at radius 2 is 1.21 bits per heavy atom. The van der Waals surface area contributed by atoms with E-state index in [4.69, 9.17) is 0 Å². The highest BCUT2D eigenvalue weighted by atomic mass is 32.2. The highest BCUT2D eigenvalue weighted by Crippen LogP contribution is 2.22. The number of benzene rings is 2. The highest BCUT2D eigenvalue weighted by Gasteiger charge is 2.19. The fourth-order valence-corrected chi connectivity index (χ4v) is 5.51. The largest absolute Gasteiger partial charge is 0.387 e. The summed E-state index contributed by atoms with van der Waals surface area (Å²) in [6, 6.07) is 16.3. The lowest BCUT2D eigenvalue weighted by Gasteiger charge is -2.27. The van der Waals surface area contributed by atoms with Crippen LogP contribution in [-0.4, -0.2) is 64.1 Å². The van der Waals surface area contributed by atoms with E-state index in [0.29, 0.717) is 17.7 Å². The van der Waals surface area contributed by atoms with Crippen molar-refractivity contribution >= 4 is 31.0 Å². The van der Waals surface area contributed by atoms with Crippen LogP contribution in [0.3, 0.4) is 0 Å². The topological polar surface area (TPSA) is 112 Å². The Morgan fingerprint density at radius 3 is 1.56 bits per heavy atom. The molecule has 0 unspecified atom stereocenters. The zero-order chi connectivity index (χ0) is 24.9. The van der Waals surface area contributed by atoms with Gasteiger partial charge in [0.2, 0.25) is 0 Å². The van der Waals surface area contributed by atoms with Crippen LogP contribution in [0, 0.1) is 0 Å². The van der Waals surface area contributed by atoms with E-state index in [9.17, 15) is 27.0 Å². The molecule has 184 valence electrons. The predicted molar refractivity (Wildman–Crippen MR) is 133 cm³/mol. The zero-order valence-corrected chi connectivity index (χ0v) is 21.5. The number of hydrogen-bond acceptors (Lipinski definition) is 8. The Bertz CT molecular complexity index is 1190. The molecule has 3 rings (SSSR count). The van der Waals surface area contributed by atoms with Gasteiger partial charge in [-0.1, -0.05) is 30.3 Å². The first-order valence-electron chi connectivity index (χ1n) is 10.6. The average Bonchev–Trinajstić information content (AvgIpc) is 3.30. The summed E-state index contributed by atoms with van der Waals surface area (Å²) < 4.78 is 46.8. The maximum absolute atomic E-state index is 11.7. The number of sulfone groups is 2. The van der Waals surface area contributed by atoms with Gasteiger partial charge in [0.1, 0.15) is 0 Å². The Hall–Kier alpha value is -2.08. The molecule has 0 spiro atoms. The van der Waals surface area contributed by atoms with Crippen LogP contribution in [-0.2, 0) is 26.1 Å². The minimum atomic E-state index is -3.32. The van der Waals surface area contributed by atoms with Crippen LogP contribution < -0.4 is 0 Å². The van der Waals surface area contributed by atoms with Gasteiger partial charge >= 0.3 is 0 Å². The molecule has 34 heavy (non-hydrogen) atoms.